The molecule has 0 aliphatic carbocycles. The minimum atomic E-state index is 1.05. The number of nitrogens with one attached hydrogen (secondary N) is 1. The second kappa shape index (κ2) is 3.85. The van der Waals surface area contributed by atoms with Crippen LogP contribution in [0.1, 0.15) is 12.8 Å². The Morgan fingerprint density at radius 2 is 2.22 bits per heavy atom. The van der Waals surface area contributed by atoms with E-state index in [0.29, 0.717) is 0 Å². The summed E-state index contributed by atoms with van der Waals surface area (Å²) in [4.78, 5) is 2.47. The number of hydrogen-bond donors (Lipinski definition) is 1. The highest BCUT2D eigenvalue weighted by Gasteiger charge is 2.11. The highest BCUT2D eigenvalue weighted by atomic mass is 15.2. The van der Waals surface area contributed by atoms with Crippen molar-refractivity contribution in [1.82, 2.24) is 10.2 Å². The summed E-state index contributed by atoms with van der Waals surface area (Å²) in [6.45, 7) is 4.94. The predicted octanol–water partition coefficient (Wildman–Crippen LogP) is 0.463. The van der Waals surface area contributed by atoms with Crippen LogP contribution in [0.2, 0.25) is 0 Å². The van der Waals surface area contributed by atoms with E-state index in [9.17, 15) is 0 Å². The largest absolute Gasteiger partial charge is 0.315 e. The topological polar surface area (TPSA) is 15.3 Å². The number of nitrogens with zero attached hydrogens (tertiary/aromatic N) is 1. The van der Waals surface area contributed by atoms with Crippen LogP contribution in [0.5, 0.6) is 0 Å². The van der Waals surface area contributed by atoms with Gasteiger partial charge in [0.2, 0.25) is 0 Å². The fourth-order valence-corrected chi connectivity index (χ4v) is 1.03. The van der Waals surface area contributed by atoms with Crippen LogP contribution < -0.4 is 5.32 Å². The minimum absolute atomic E-state index is 1.05. The Balaban J connectivity index is 1.80. The van der Waals surface area contributed by atoms with Gasteiger partial charge in [0, 0.05) is 7.05 Å². The summed E-state index contributed by atoms with van der Waals surface area (Å²) in [5.41, 5.74) is 0. The molecule has 9 heavy (non-hydrogen) atoms. The second-order valence-electron chi connectivity index (χ2n) is 2.55. The highest BCUT2D eigenvalue weighted by molar-refractivity contribution is 4.67. The first-order valence-corrected chi connectivity index (χ1v) is 3.66. The van der Waals surface area contributed by atoms with Gasteiger partial charge in [0.05, 0.1) is 0 Å². The Labute approximate surface area is 57.2 Å². The summed E-state index contributed by atoms with van der Waals surface area (Å²) in [6, 6.07) is 0. The van der Waals surface area contributed by atoms with Crippen molar-refractivity contribution in [2.45, 2.75) is 12.8 Å². The lowest BCUT2D eigenvalue weighted by Crippen LogP contribution is -2.38. The molecule has 53 valence electrons. The summed E-state index contributed by atoms with van der Waals surface area (Å²) < 4.78 is 0. The molecule has 0 aromatic rings. The van der Waals surface area contributed by atoms with E-state index in [-0.39, 0.29) is 0 Å². The Morgan fingerprint density at radius 1 is 1.44 bits per heavy atom. The van der Waals surface area contributed by atoms with Gasteiger partial charge in [0.25, 0.3) is 0 Å². The van der Waals surface area contributed by atoms with Gasteiger partial charge < -0.3 is 10.2 Å². The lowest BCUT2D eigenvalue weighted by Gasteiger charge is -2.30. The zero-order valence-electron chi connectivity index (χ0n) is 5.90. The van der Waals surface area contributed by atoms with Crippen LogP contribution in [0.4, 0.5) is 0 Å². The van der Waals surface area contributed by atoms with Crippen molar-refractivity contribution in [3.05, 3.63) is 7.05 Å². The smallest absolute Gasteiger partial charge is 0.00767 e. The summed E-state index contributed by atoms with van der Waals surface area (Å²) in [5.74, 6) is 0. The number of likely N-dealkylation sites (tertiary alicyclic amines) is 1. The molecule has 0 saturated carbocycles. The van der Waals surface area contributed by atoms with E-state index in [1.54, 1.807) is 0 Å². The van der Waals surface area contributed by atoms with Gasteiger partial charge >= 0.3 is 0 Å². The third-order valence-electron chi connectivity index (χ3n) is 1.78. The molecule has 0 spiro atoms. The van der Waals surface area contributed by atoms with E-state index in [4.69, 9.17) is 0 Å². The fourth-order valence-electron chi connectivity index (χ4n) is 1.03. The Kier molecular flexibility index (Phi) is 3.01. The number of rotatable bonds is 4. The van der Waals surface area contributed by atoms with Crippen LogP contribution in [0, 0.1) is 7.05 Å². The maximum Gasteiger partial charge on any atom is 0.00767 e. The maximum atomic E-state index is 3.56. The van der Waals surface area contributed by atoms with Crippen molar-refractivity contribution >= 4 is 0 Å². The third-order valence-corrected chi connectivity index (χ3v) is 1.78. The molecule has 1 fully saturated rings. The van der Waals surface area contributed by atoms with E-state index in [1.165, 1.54) is 32.5 Å². The van der Waals surface area contributed by atoms with Crippen LogP contribution in [0.3, 0.4) is 0 Å². The molecule has 0 amide bonds. The highest BCUT2D eigenvalue weighted by Crippen LogP contribution is 2.04. The van der Waals surface area contributed by atoms with Crippen LogP contribution in [0.25, 0.3) is 0 Å². The standard InChI is InChI=1S/C7H15N2/c1-8-4-2-5-9-6-3-7-9/h8H,1-7H2. The molecule has 1 radical (unpaired) electrons. The molecule has 1 aliphatic rings. The zero-order valence-corrected chi connectivity index (χ0v) is 5.90. The van der Waals surface area contributed by atoms with E-state index in [1.807, 2.05) is 0 Å². The molecular weight excluding hydrogens is 112 g/mol. The van der Waals surface area contributed by atoms with Gasteiger partial charge in [0.1, 0.15) is 0 Å². The quantitative estimate of drug-likeness (QED) is 0.552. The molecular formula is C7H15N2. The minimum Gasteiger partial charge on any atom is -0.315 e. The van der Waals surface area contributed by atoms with E-state index >= 15 is 0 Å². The molecule has 1 N–H and O–H groups in total. The van der Waals surface area contributed by atoms with Gasteiger partial charge in [-0.3, -0.25) is 0 Å². The van der Waals surface area contributed by atoms with Crippen molar-refractivity contribution < 1.29 is 0 Å². The summed E-state index contributed by atoms with van der Waals surface area (Å²) >= 11 is 0. The Hall–Kier alpha value is -0.0800. The lowest BCUT2D eigenvalue weighted by molar-refractivity contribution is 0.180. The number of hydrogen-bond acceptors (Lipinski definition) is 2. The van der Waals surface area contributed by atoms with E-state index in [0.717, 1.165) is 6.54 Å². The average molecular weight is 127 g/mol. The average Bonchev–Trinajstić information content (AvgIpc) is 1.76. The SMILES string of the molecule is [CH2]NCCCN1CCC1. The molecule has 1 rings (SSSR count). The Bertz CT molecular complexity index is 69.3. The van der Waals surface area contributed by atoms with Crippen molar-refractivity contribution in [2.24, 2.45) is 0 Å². The zero-order chi connectivity index (χ0) is 6.53. The maximum absolute atomic E-state index is 3.56. The van der Waals surface area contributed by atoms with Gasteiger partial charge in [-0.1, -0.05) is 0 Å². The fraction of sp³-hybridized carbons (Fsp3) is 0.857. The van der Waals surface area contributed by atoms with Gasteiger partial charge in [-0.15, -0.1) is 0 Å². The van der Waals surface area contributed by atoms with Crippen molar-refractivity contribution in [3.8, 4) is 0 Å². The van der Waals surface area contributed by atoms with E-state index in [2.05, 4.69) is 17.3 Å². The van der Waals surface area contributed by atoms with Crippen LogP contribution in [-0.2, 0) is 0 Å². The van der Waals surface area contributed by atoms with Crippen LogP contribution >= 0.6 is 0 Å². The first-order chi connectivity index (χ1) is 4.43. The molecule has 1 saturated heterocycles. The molecule has 0 atom stereocenters. The first kappa shape index (κ1) is 7.03. The van der Waals surface area contributed by atoms with Gasteiger partial charge in [-0.25, -0.2) is 0 Å². The second-order valence-corrected chi connectivity index (χ2v) is 2.55. The van der Waals surface area contributed by atoms with Crippen molar-refractivity contribution in [2.75, 3.05) is 26.2 Å². The van der Waals surface area contributed by atoms with Crippen molar-refractivity contribution in [1.29, 1.82) is 0 Å². The normalized spacial score (nSPS) is 19.7. The molecule has 0 unspecified atom stereocenters. The Morgan fingerprint density at radius 3 is 2.67 bits per heavy atom. The molecule has 2 nitrogen and oxygen atoms in total. The third kappa shape index (κ3) is 2.33. The predicted molar refractivity (Wildman–Crippen MR) is 39.0 cm³/mol. The molecule has 2 heteroatoms. The molecule has 0 aromatic heterocycles. The van der Waals surface area contributed by atoms with Gasteiger partial charge in [-0.2, -0.15) is 0 Å². The molecule has 0 aromatic carbocycles. The monoisotopic (exact) mass is 127 g/mol. The summed E-state index contributed by atoms with van der Waals surface area (Å²) in [5, 5.41) is 2.89. The van der Waals surface area contributed by atoms with Crippen molar-refractivity contribution in [3.63, 3.8) is 0 Å². The van der Waals surface area contributed by atoms with Gasteiger partial charge in [-0.05, 0) is 39.0 Å². The lowest BCUT2D eigenvalue weighted by atomic mass is 10.2. The van der Waals surface area contributed by atoms with Crippen LogP contribution in [0.15, 0.2) is 0 Å². The molecule has 1 heterocycles. The first-order valence-electron chi connectivity index (χ1n) is 3.66. The van der Waals surface area contributed by atoms with E-state index < -0.39 is 0 Å². The van der Waals surface area contributed by atoms with Gasteiger partial charge in [0.15, 0.2) is 0 Å². The molecule has 0 bridgehead atoms. The van der Waals surface area contributed by atoms with Crippen LogP contribution in [-0.4, -0.2) is 31.1 Å². The molecule has 1 aliphatic heterocycles. The summed E-state index contributed by atoms with van der Waals surface area (Å²) in [7, 11) is 3.56. The summed E-state index contributed by atoms with van der Waals surface area (Å²) in [6.07, 6.45) is 2.64.